The number of fused-ring (bicyclic) bond motifs is 1. The van der Waals surface area contributed by atoms with Crippen molar-refractivity contribution in [3.8, 4) is 5.75 Å². The van der Waals surface area contributed by atoms with Gasteiger partial charge in [-0.1, -0.05) is 12.1 Å². The highest BCUT2D eigenvalue weighted by atomic mass is 35.5. The standard InChI is InChI=1S/C14H18N2O2.ClH/c17-14(10-15-9-11-5-6-11)16-7-8-18-13-4-2-1-3-12(13)16;/h1-4,11,15H,5-10H2;1H. The second-order valence-corrected chi connectivity index (χ2v) is 4.94. The Morgan fingerprint density at radius 1 is 1.37 bits per heavy atom. The lowest BCUT2D eigenvalue weighted by atomic mass is 10.2. The molecule has 5 heteroatoms. The Morgan fingerprint density at radius 2 is 2.16 bits per heavy atom. The second-order valence-electron chi connectivity index (χ2n) is 4.94. The van der Waals surface area contributed by atoms with E-state index in [9.17, 15) is 4.79 Å². The van der Waals surface area contributed by atoms with E-state index in [1.165, 1.54) is 12.8 Å². The smallest absolute Gasteiger partial charge is 0.241 e. The molecule has 0 atom stereocenters. The van der Waals surface area contributed by atoms with Crippen LogP contribution >= 0.6 is 12.4 Å². The molecule has 1 aliphatic carbocycles. The highest BCUT2D eigenvalue weighted by Crippen LogP contribution is 2.31. The number of amides is 1. The Bertz CT molecular complexity index is 449. The molecule has 1 heterocycles. The van der Waals surface area contributed by atoms with Gasteiger partial charge >= 0.3 is 0 Å². The first-order chi connectivity index (χ1) is 8.84. The van der Waals surface area contributed by atoms with Crippen LogP contribution < -0.4 is 15.0 Å². The first kappa shape index (κ1) is 14.2. The van der Waals surface area contributed by atoms with Gasteiger partial charge in [-0.15, -0.1) is 12.4 Å². The monoisotopic (exact) mass is 282 g/mol. The van der Waals surface area contributed by atoms with E-state index in [2.05, 4.69) is 5.32 Å². The number of benzene rings is 1. The first-order valence-electron chi connectivity index (χ1n) is 6.57. The van der Waals surface area contributed by atoms with Crippen LogP contribution in [-0.2, 0) is 4.79 Å². The average Bonchev–Trinajstić information content (AvgIpc) is 3.22. The van der Waals surface area contributed by atoms with Crippen LogP contribution in [0.3, 0.4) is 0 Å². The molecule has 1 aromatic rings. The number of nitrogens with one attached hydrogen (secondary N) is 1. The molecule has 19 heavy (non-hydrogen) atoms. The fourth-order valence-corrected chi connectivity index (χ4v) is 2.23. The third kappa shape index (κ3) is 3.39. The number of anilines is 1. The highest BCUT2D eigenvalue weighted by Gasteiger charge is 2.24. The fourth-order valence-electron chi connectivity index (χ4n) is 2.23. The van der Waals surface area contributed by atoms with Gasteiger partial charge in [0, 0.05) is 0 Å². The van der Waals surface area contributed by atoms with Crippen LogP contribution in [0.4, 0.5) is 5.69 Å². The number of hydrogen-bond acceptors (Lipinski definition) is 3. The summed E-state index contributed by atoms with van der Waals surface area (Å²) in [7, 11) is 0. The van der Waals surface area contributed by atoms with Gasteiger partial charge in [-0.3, -0.25) is 4.79 Å². The summed E-state index contributed by atoms with van der Waals surface area (Å²) in [5.41, 5.74) is 0.891. The molecule has 104 valence electrons. The van der Waals surface area contributed by atoms with Gasteiger partial charge in [-0.05, 0) is 37.4 Å². The maximum atomic E-state index is 12.2. The van der Waals surface area contributed by atoms with Crippen molar-refractivity contribution in [2.75, 3.05) is 31.1 Å². The molecule has 0 saturated heterocycles. The minimum atomic E-state index is 0. The van der Waals surface area contributed by atoms with Crippen molar-refractivity contribution in [1.82, 2.24) is 5.32 Å². The van der Waals surface area contributed by atoms with Crippen molar-refractivity contribution in [1.29, 1.82) is 0 Å². The van der Waals surface area contributed by atoms with Gasteiger partial charge in [0.1, 0.15) is 12.4 Å². The number of hydrogen-bond donors (Lipinski definition) is 1. The van der Waals surface area contributed by atoms with Gasteiger partial charge < -0.3 is 15.0 Å². The molecule has 4 nitrogen and oxygen atoms in total. The van der Waals surface area contributed by atoms with Crippen molar-refractivity contribution in [3.63, 3.8) is 0 Å². The zero-order valence-electron chi connectivity index (χ0n) is 10.8. The van der Waals surface area contributed by atoms with Crippen LogP contribution in [0.1, 0.15) is 12.8 Å². The molecule has 1 aromatic carbocycles. The lowest BCUT2D eigenvalue weighted by molar-refractivity contribution is -0.118. The van der Waals surface area contributed by atoms with E-state index in [0.717, 1.165) is 23.9 Å². The maximum absolute atomic E-state index is 12.2. The fraction of sp³-hybridized carbons (Fsp3) is 0.500. The topological polar surface area (TPSA) is 41.6 Å². The zero-order valence-corrected chi connectivity index (χ0v) is 11.6. The molecular weight excluding hydrogens is 264 g/mol. The highest BCUT2D eigenvalue weighted by molar-refractivity contribution is 5.96. The summed E-state index contributed by atoms with van der Waals surface area (Å²) in [5.74, 6) is 1.74. The van der Waals surface area contributed by atoms with Crippen LogP contribution in [0.25, 0.3) is 0 Å². The van der Waals surface area contributed by atoms with Crippen LogP contribution in [-0.4, -0.2) is 32.1 Å². The summed E-state index contributed by atoms with van der Waals surface area (Å²) in [5, 5.41) is 3.24. The van der Waals surface area contributed by atoms with E-state index in [1.807, 2.05) is 29.2 Å². The molecule has 0 bridgehead atoms. The molecule has 2 aliphatic rings. The Kier molecular flexibility index (Phi) is 4.66. The lowest BCUT2D eigenvalue weighted by Crippen LogP contribution is -2.43. The first-order valence-corrected chi connectivity index (χ1v) is 6.57. The number of ether oxygens (including phenoxy) is 1. The molecule has 0 radical (unpaired) electrons. The Balaban J connectivity index is 0.00000133. The predicted octanol–water partition coefficient (Wildman–Crippen LogP) is 1.83. The molecule has 1 saturated carbocycles. The zero-order chi connectivity index (χ0) is 12.4. The van der Waals surface area contributed by atoms with Crippen molar-refractivity contribution in [2.24, 2.45) is 5.92 Å². The van der Waals surface area contributed by atoms with Crippen molar-refractivity contribution >= 4 is 24.0 Å². The summed E-state index contributed by atoms with van der Waals surface area (Å²) in [6, 6.07) is 7.71. The van der Waals surface area contributed by atoms with E-state index in [1.54, 1.807) is 0 Å². The maximum Gasteiger partial charge on any atom is 0.241 e. The average molecular weight is 283 g/mol. The normalized spacial score (nSPS) is 17.2. The third-order valence-electron chi connectivity index (χ3n) is 3.44. The molecule has 1 aliphatic heterocycles. The molecule has 1 amide bonds. The van der Waals surface area contributed by atoms with E-state index < -0.39 is 0 Å². The van der Waals surface area contributed by atoms with Gasteiger partial charge in [0.15, 0.2) is 0 Å². The molecule has 0 aromatic heterocycles. The quantitative estimate of drug-likeness (QED) is 0.916. The van der Waals surface area contributed by atoms with E-state index >= 15 is 0 Å². The van der Waals surface area contributed by atoms with Gasteiger partial charge in [0.25, 0.3) is 0 Å². The summed E-state index contributed by atoms with van der Waals surface area (Å²) < 4.78 is 5.54. The van der Waals surface area contributed by atoms with E-state index in [0.29, 0.717) is 19.7 Å². The number of carbonyl (C=O) groups excluding carboxylic acids is 1. The third-order valence-corrected chi connectivity index (χ3v) is 3.44. The summed E-state index contributed by atoms with van der Waals surface area (Å²) in [6.07, 6.45) is 2.61. The van der Waals surface area contributed by atoms with Gasteiger partial charge in [0.2, 0.25) is 5.91 Å². The number of rotatable bonds is 4. The summed E-state index contributed by atoms with van der Waals surface area (Å²) >= 11 is 0. The SMILES string of the molecule is Cl.O=C(CNCC1CC1)N1CCOc2ccccc21. The van der Waals surface area contributed by atoms with Crippen molar-refractivity contribution in [2.45, 2.75) is 12.8 Å². The molecule has 1 fully saturated rings. The summed E-state index contributed by atoms with van der Waals surface area (Å²) in [4.78, 5) is 14.0. The van der Waals surface area contributed by atoms with Crippen LogP contribution in [0, 0.1) is 5.92 Å². The summed E-state index contributed by atoms with van der Waals surface area (Å²) in [6.45, 7) is 2.61. The minimum Gasteiger partial charge on any atom is -0.490 e. The van der Waals surface area contributed by atoms with Crippen LogP contribution in [0.15, 0.2) is 24.3 Å². The Morgan fingerprint density at radius 3 is 2.95 bits per heavy atom. The Labute approximate surface area is 119 Å². The second kappa shape index (κ2) is 6.26. The van der Waals surface area contributed by atoms with Crippen LogP contribution in [0.2, 0.25) is 0 Å². The van der Waals surface area contributed by atoms with Gasteiger partial charge in [0.05, 0.1) is 18.8 Å². The van der Waals surface area contributed by atoms with Crippen LogP contribution in [0.5, 0.6) is 5.75 Å². The number of para-hydroxylation sites is 2. The number of halogens is 1. The molecule has 0 spiro atoms. The lowest BCUT2D eigenvalue weighted by Gasteiger charge is -2.29. The van der Waals surface area contributed by atoms with Crippen molar-refractivity contribution in [3.05, 3.63) is 24.3 Å². The molecular formula is C14H19ClN2O2. The van der Waals surface area contributed by atoms with E-state index in [-0.39, 0.29) is 18.3 Å². The number of nitrogens with zero attached hydrogens (tertiary/aromatic N) is 1. The molecule has 0 unspecified atom stereocenters. The number of carbonyl (C=O) groups is 1. The molecule has 3 rings (SSSR count). The van der Waals surface area contributed by atoms with Crippen molar-refractivity contribution < 1.29 is 9.53 Å². The van der Waals surface area contributed by atoms with E-state index in [4.69, 9.17) is 4.74 Å². The van der Waals surface area contributed by atoms with Gasteiger partial charge in [-0.25, -0.2) is 0 Å². The van der Waals surface area contributed by atoms with Gasteiger partial charge in [-0.2, -0.15) is 0 Å². The largest absolute Gasteiger partial charge is 0.490 e. The minimum absolute atomic E-state index is 0. The molecule has 1 N–H and O–H groups in total. The predicted molar refractivity (Wildman–Crippen MR) is 77.1 cm³/mol. The Hall–Kier alpha value is -1.26.